The van der Waals surface area contributed by atoms with Gasteiger partial charge >= 0.3 is 6.30 Å². The standard InChI is InChI=1S/C11H7F4N3O/c12-8-1-3-9(4-2-8)17-10(19)7-5-16-18(6-7)11(13,14)15/h1-6H,(H,17,19). The van der Waals surface area contributed by atoms with Gasteiger partial charge in [-0.25, -0.2) is 4.39 Å². The summed E-state index contributed by atoms with van der Waals surface area (Å²) in [7, 11) is 0. The van der Waals surface area contributed by atoms with Gasteiger partial charge in [-0.2, -0.15) is 9.78 Å². The van der Waals surface area contributed by atoms with Gasteiger partial charge in [0.15, 0.2) is 0 Å². The Morgan fingerprint density at radius 1 is 1.21 bits per heavy atom. The Hall–Kier alpha value is -2.38. The van der Waals surface area contributed by atoms with Crippen LogP contribution >= 0.6 is 0 Å². The van der Waals surface area contributed by atoms with Gasteiger partial charge in [-0.05, 0) is 24.3 Å². The topological polar surface area (TPSA) is 46.9 Å². The number of alkyl halides is 3. The Bertz CT molecular complexity index is 589. The van der Waals surface area contributed by atoms with Gasteiger partial charge in [-0.3, -0.25) is 4.79 Å². The van der Waals surface area contributed by atoms with Gasteiger partial charge in [0.05, 0.1) is 11.8 Å². The normalized spacial score (nSPS) is 11.4. The first-order chi connectivity index (χ1) is 8.86. The van der Waals surface area contributed by atoms with Gasteiger partial charge < -0.3 is 5.32 Å². The summed E-state index contributed by atoms with van der Waals surface area (Å²) in [6.07, 6.45) is -3.31. The van der Waals surface area contributed by atoms with Crippen molar-refractivity contribution < 1.29 is 22.4 Å². The van der Waals surface area contributed by atoms with Crippen LogP contribution in [0.1, 0.15) is 10.4 Å². The van der Waals surface area contributed by atoms with Crippen LogP contribution in [0.15, 0.2) is 36.7 Å². The molecule has 1 N–H and O–H groups in total. The molecule has 0 aliphatic heterocycles. The van der Waals surface area contributed by atoms with Gasteiger partial charge in [-0.1, -0.05) is 0 Å². The maximum atomic E-state index is 12.6. The second kappa shape index (κ2) is 4.71. The van der Waals surface area contributed by atoms with Crippen molar-refractivity contribution in [1.29, 1.82) is 0 Å². The number of aromatic nitrogens is 2. The summed E-state index contributed by atoms with van der Waals surface area (Å²) in [6, 6.07) is 4.83. The van der Waals surface area contributed by atoms with E-state index in [1.165, 1.54) is 12.1 Å². The third kappa shape index (κ3) is 3.09. The average Bonchev–Trinajstić information content (AvgIpc) is 2.81. The van der Waals surface area contributed by atoms with Crippen molar-refractivity contribution in [3.8, 4) is 0 Å². The van der Waals surface area contributed by atoms with E-state index in [1.54, 1.807) is 0 Å². The summed E-state index contributed by atoms with van der Waals surface area (Å²) in [5.41, 5.74) is 0.0211. The molecule has 1 aromatic carbocycles. The quantitative estimate of drug-likeness (QED) is 0.855. The molecule has 0 spiro atoms. The molecule has 0 saturated carbocycles. The Labute approximate surface area is 104 Å². The molecule has 8 heteroatoms. The maximum absolute atomic E-state index is 12.6. The zero-order valence-electron chi connectivity index (χ0n) is 9.28. The van der Waals surface area contributed by atoms with Crippen LogP contribution in [0.25, 0.3) is 0 Å². The van der Waals surface area contributed by atoms with E-state index in [4.69, 9.17) is 0 Å². The summed E-state index contributed by atoms with van der Waals surface area (Å²) >= 11 is 0. The maximum Gasteiger partial charge on any atom is 0.504 e. The monoisotopic (exact) mass is 273 g/mol. The van der Waals surface area contributed by atoms with Crippen LogP contribution in [0.4, 0.5) is 23.2 Å². The predicted octanol–water partition coefficient (Wildman–Crippen LogP) is 2.75. The number of hydrogen-bond donors (Lipinski definition) is 1. The van der Waals surface area contributed by atoms with Crippen molar-refractivity contribution >= 4 is 11.6 Å². The van der Waals surface area contributed by atoms with Crippen molar-refractivity contribution in [1.82, 2.24) is 9.78 Å². The molecule has 19 heavy (non-hydrogen) atoms. The molecule has 0 bridgehead atoms. The summed E-state index contributed by atoms with van der Waals surface area (Å²) in [4.78, 5) is 11.6. The first kappa shape index (κ1) is 13.1. The minimum Gasteiger partial charge on any atom is -0.322 e. The second-order valence-electron chi connectivity index (χ2n) is 3.60. The molecule has 0 aliphatic rings. The fraction of sp³-hybridized carbons (Fsp3) is 0.0909. The molecule has 0 radical (unpaired) electrons. The Morgan fingerprint density at radius 2 is 1.84 bits per heavy atom. The lowest BCUT2D eigenvalue weighted by Crippen LogP contribution is -2.17. The van der Waals surface area contributed by atoms with E-state index < -0.39 is 18.0 Å². The molecule has 4 nitrogen and oxygen atoms in total. The molecule has 0 aliphatic carbocycles. The first-order valence-corrected chi connectivity index (χ1v) is 5.05. The highest BCUT2D eigenvalue weighted by Gasteiger charge is 2.32. The minimum absolute atomic E-state index is 0.248. The van der Waals surface area contributed by atoms with Gasteiger partial charge in [0.25, 0.3) is 5.91 Å². The number of amides is 1. The predicted molar refractivity (Wildman–Crippen MR) is 57.9 cm³/mol. The van der Waals surface area contributed by atoms with E-state index in [9.17, 15) is 22.4 Å². The number of carbonyl (C=O) groups excluding carboxylic acids is 1. The van der Waals surface area contributed by atoms with E-state index in [0.717, 1.165) is 18.3 Å². The number of nitrogens with one attached hydrogen (secondary N) is 1. The number of benzene rings is 1. The molecule has 1 aromatic heterocycles. The number of hydrogen-bond acceptors (Lipinski definition) is 2. The average molecular weight is 273 g/mol. The van der Waals surface area contributed by atoms with E-state index >= 15 is 0 Å². The molecule has 1 amide bonds. The molecular formula is C11H7F4N3O. The molecule has 100 valence electrons. The fourth-order valence-corrected chi connectivity index (χ4v) is 1.32. The van der Waals surface area contributed by atoms with Crippen molar-refractivity contribution in [3.63, 3.8) is 0 Å². The number of anilines is 1. The highest BCUT2D eigenvalue weighted by atomic mass is 19.4. The smallest absolute Gasteiger partial charge is 0.322 e. The summed E-state index contributed by atoms with van der Waals surface area (Å²) in [6.45, 7) is 0. The molecule has 0 fully saturated rings. The van der Waals surface area contributed by atoms with Gasteiger partial charge in [0, 0.05) is 11.9 Å². The van der Waals surface area contributed by atoms with Crippen molar-refractivity contribution in [2.75, 3.05) is 5.32 Å². The largest absolute Gasteiger partial charge is 0.504 e. The van der Waals surface area contributed by atoms with Crippen LogP contribution in [-0.2, 0) is 6.30 Å². The molecule has 0 saturated heterocycles. The number of carbonyl (C=O) groups is 1. The number of rotatable bonds is 2. The fourth-order valence-electron chi connectivity index (χ4n) is 1.32. The highest BCUT2D eigenvalue weighted by Crippen LogP contribution is 2.21. The van der Waals surface area contributed by atoms with Gasteiger partial charge in [-0.15, -0.1) is 13.2 Å². The SMILES string of the molecule is O=C(Nc1ccc(F)cc1)c1cnn(C(F)(F)F)c1. The first-order valence-electron chi connectivity index (χ1n) is 5.05. The molecule has 2 rings (SSSR count). The Morgan fingerprint density at radius 3 is 2.37 bits per heavy atom. The lowest BCUT2D eigenvalue weighted by atomic mass is 10.3. The number of nitrogens with zero attached hydrogens (tertiary/aromatic N) is 2. The summed E-state index contributed by atoms with van der Waals surface area (Å²) < 4.78 is 49.1. The minimum atomic E-state index is -4.67. The Kier molecular flexibility index (Phi) is 3.24. The molecule has 2 aromatic rings. The van der Waals surface area contributed by atoms with Crippen LogP contribution in [0.2, 0.25) is 0 Å². The van der Waals surface area contributed by atoms with Crippen molar-refractivity contribution in [2.45, 2.75) is 6.30 Å². The number of halogens is 4. The van der Waals surface area contributed by atoms with E-state index in [0.29, 0.717) is 6.20 Å². The lowest BCUT2D eigenvalue weighted by Gasteiger charge is -2.04. The van der Waals surface area contributed by atoms with E-state index in [-0.39, 0.29) is 15.9 Å². The van der Waals surface area contributed by atoms with E-state index in [1.807, 2.05) is 0 Å². The molecule has 0 unspecified atom stereocenters. The third-order valence-corrected chi connectivity index (χ3v) is 2.21. The summed E-state index contributed by atoms with van der Waals surface area (Å²) in [5.74, 6) is -1.25. The highest BCUT2D eigenvalue weighted by molar-refractivity contribution is 6.03. The zero-order valence-corrected chi connectivity index (χ0v) is 9.28. The Balaban J connectivity index is 2.12. The molecule has 0 atom stereocenters. The molecular weight excluding hydrogens is 266 g/mol. The van der Waals surface area contributed by atoms with Crippen LogP contribution < -0.4 is 5.32 Å². The lowest BCUT2D eigenvalue weighted by molar-refractivity contribution is -0.212. The van der Waals surface area contributed by atoms with Gasteiger partial charge in [0.1, 0.15) is 5.82 Å². The van der Waals surface area contributed by atoms with Crippen LogP contribution in [0.3, 0.4) is 0 Å². The second-order valence-corrected chi connectivity index (χ2v) is 3.60. The van der Waals surface area contributed by atoms with Crippen molar-refractivity contribution in [2.24, 2.45) is 0 Å². The van der Waals surface area contributed by atoms with Crippen LogP contribution in [-0.4, -0.2) is 15.7 Å². The van der Waals surface area contributed by atoms with Crippen LogP contribution in [0, 0.1) is 5.82 Å². The van der Waals surface area contributed by atoms with Gasteiger partial charge in [0.2, 0.25) is 0 Å². The third-order valence-electron chi connectivity index (χ3n) is 2.21. The molecule has 1 heterocycles. The zero-order chi connectivity index (χ0) is 14.0. The van der Waals surface area contributed by atoms with E-state index in [2.05, 4.69) is 10.4 Å². The van der Waals surface area contributed by atoms with Crippen LogP contribution in [0.5, 0.6) is 0 Å². The summed E-state index contributed by atoms with van der Waals surface area (Å²) in [5, 5.41) is 5.36. The van der Waals surface area contributed by atoms with Crippen molar-refractivity contribution in [3.05, 3.63) is 48.0 Å².